The van der Waals surface area contributed by atoms with Gasteiger partial charge in [-0.2, -0.15) is 0 Å². The molecule has 1 aliphatic heterocycles. The third-order valence-corrected chi connectivity index (χ3v) is 5.94. The van der Waals surface area contributed by atoms with Crippen LogP contribution in [0, 0.1) is 0 Å². The fraction of sp³-hybridized carbons (Fsp3) is 0.160. The second kappa shape index (κ2) is 9.80. The normalized spacial score (nSPS) is 17.1. The Labute approximate surface area is 200 Å². The van der Waals surface area contributed by atoms with Crippen molar-refractivity contribution >= 4 is 33.9 Å². The molecule has 0 spiro atoms. The van der Waals surface area contributed by atoms with Gasteiger partial charge in [-0.15, -0.1) is 11.3 Å². The van der Waals surface area contributed by atoms with Gasteiger partial charge in [0.15, 0.2) is 16.6 Å². The number of aromatic hydroxyl groups is 1. The maximum atomic E-state index is 13.1. The van der Waals surface area contributed by atoms with E-state index in [0.717, 1.165) is 0 Å². The van der Waals surface area contributed by atoms with E-state index in [9.17, 15) is 19.8 Å². The summed E-state index contributed by atoms with van der Waals surface area (Å²) < 4.78 is 11.0. The minimum absolute atomic E-state index is 0.0769. The van der Waals surface area contributed by atoms with Gasteiger partial charge in [-0.05, 0) is 48.9 Å². The number of rotatable bonds is 8. The van der Waals surface area contributed by atoms with Gasteiger partial charge in [-0.25, -0.2) is 4.98 Å². The van der Waals surface area contributed by atoms with Gasteiger partial charge < -0.3 is 19.7 Å². The maximum Gasteiger partial charge on any atom is 0.301 e. The zero-order chi connectivity index (χ0) is 24.2. The smallest absolute Gasteiger partial charge is 0.301 e. The highest BCUT2D eigenvalue weighted by Gasteiger charge is 2.48. The van der Waals surface area contributed by atoms with Gasteiger partial charge in [-0.1, -0.05) is 18.7 Å². The number of hydrogen-bond donors (Lipinski definition) is 2. The minimum Gasteiger partial charge on any atom is -0.507 e. The van der Waals surface area contributed by atoms with E-state index in [1.165, 1.54) is 28.5 Å². The summed E-state index contributed by atoms with van der Waals surface area (Å²) in [4.78, 5) is 31.7. The number of ketones is 1. The molecule has 2 aromatic carbocycles. The largest absolute Gasteiger partial charge is 0.507 e. The summed E-state index contributed by atoms with van der Waals surface area (Å²) in [5, 5.41) is 23.3. The number of carbonyl (C=O) groups excluding carboxylic acids is 2. The van der Waals surface area contributed by atoms with E-state index in [2.05, 4.69) is 11.6 Å². The van der Waals surface area contributed by atoms with Crippen LogP contribution in [0.3, 0.4) is 0 Å². The molecule has 1 aliphatic rings. The molecule has 1 amide bonds. The molecule has 1 unspecified atom stereocenters. The number of aliphatic hydroxyl groups is 1. The molecule has 0 aliphatic carbocycles. The highest BCUT2D eigenvalue weighted by Crippen LogP contribution is 2.44. The first-order valence-electron chi connectivity index (χ1n) is 10.5. The van der Waals surface area contributed by atoms with Gasteiger partial charge in [0.1, 0.15) is 18.1 Å². The Morgan fingerprint density at radius 3 is 2.62 bits per heavy atom. The van der Waals surface area contributed by atoms with Crippen LogP contribution in [0.4, 0.5) is 5.13 Å². The highest BCUT2D eigenvalue weighted by molar-refractivity contribution is 7.14. The molecule has 2 heterocycles. The number of hydrogen-bond acceptors (Lipinski definition) is 8. The van der Waals surface area contributed by atoms with Crippen molar-refractivity contribution in [2.24, 2.45) is 0 Å². The molecule has 2 N–H and O–H groups in total. The summed E-state index contributed by atoms with van der Waals surface area (Å²) in [5.74, 6) is -1.28. The standard InChI is InChI=1S/C25H22N2O6S/c1-3-12-33-17-8-5-15(6-9-17)22(29)20-21(16-7-10-18(28)19(14-16)32-4-2)27(24(31)23(20)30)25-26-11-13-34-25/h3,5-11,13-14,21,28-29H,1,4,12H2,2H3. The number of phenolic OH excluding ortho intramolecular Hbond substituents is 1. The van der Waals surface area contributed by atoms with E-state index in [0.29, 0.717) is 35.2 Å². The van der Waals surface area contributed by atoms with Crippen molar-refractivity contribution < 1.29 is 29.3 Å². The van der Waals surface area contributed by atoms with Crippen LogP contribution in [0.2, 0.25) is 0 Å². The lowest BCUT2D eigenvalue weighted by atomic mass is 9.95. The number of ether oxygens (including phenoxy) is 2. The number of phenols is 1. The van der Waals surface area contributed by atoms with Crippen molar-refractivity contribution in [2.45, 2.75) is 13.0 Å². The topological polar surface area (TPSA) is 109 Å². The molecule has 1 aromatic heterocycles. The lowest BCUT2D eigenvalue weighted by Gasteiger charge is -2.23. The van der Waals surface area contributed by atoms with Crippen LogP contribution in [0.1, 0.15) is 24.1 Å². The van der Waals surface area contributed by atoms with Crippen LogP contribution in [0.5, 0.6) is 17.2 Å². The van der Waals surface area contributed by atoms with E-state index in [1.807, 2.05) is 0 Å². The second-order valence-electron chi connectivity index (χ2n) is 7.27. The van der Waals surface area contributed by atoms with Crippen molar-refractivity contribution in [3.05, 3.63) is 83.4 Å². The summed E-state index contributed by atoms with van der Waals surface area (Å²) in [6, 6.07) is 10.1. The van der Waals surface area contributed by atoms with Crippen molar-refractivity contribution in [1.29, 1.82) is 0 Å². The molecule has 1 saturated heterocycles. The number of aromatic nitrogens is 1. The van der Waals surface area contributed by atoms with E-state index >= 15 is 0 Å². The quantitative estimate of drug-likeness (QED) is 0.213. The first-order chi connectivity index (χ1) is 16.5. The molecule has 9 heteroatoms. The molecule has 174 valence electrons. The van der Waals surface area contributed by atoms with Gasteiger partial charge in [-0.3, -0.25) is 14.5 Å². The molecule has 3 aromatic rings. The van der Waals surface area contributed by atoms with Crippen LogP contribution < -0.4 is 14.4 Å². The van der Waals surface area contributed by atoms with Crippen LogP contribution in [-0.4, -0.2) is 40.1 Å². The zero-order valence-corrected chi connectivity index (χ0v) is 19.1. The molecule has 0 bridgehead atoms. The van der Waals surface area contributed by atoms with E-state index in [-0.39, 0.29) is 22.8 Å². The monoisotopic (exact) mass is 478 g/mol. The Morgan fingerprint density at radius 2 is 1.97 bits per heavy atom. The summed E-state index contributed by atoms with van der Waals surface area (Å²) >= 11 is 1.19. The third-order valence-electron chi connectivity index (χ3n) is 5.16. The Balaban J connectivity index is 1.86. The molecule has 0 radical (unpaired) electrons. The average molecular weight is 479 g/mol. The van der Waals surface area contributed by atoms with E-state index in [1.54, 1.807) is 54.8 Å². The maximum absolute atomic E-state index is 13.1. The minimum atomic E-state index is -0.970. The summed E-state index contributed by atoms with van der Waals surface area (Å²) in [5.41, 5.74) is 0.730. The number of Topliss-reactive ketones (excluding diaryl/α,β-unsaturated/α-hetero) is 1. The summed E-state index contributed by atoms with van der Waals surface area (Å²) in [6.45, 7) is 6.01. The number of nitrogens with zero attached hydrogens (tertiary/aromatic N) is 2. The Morgan fingerprint density at radius 1 is 1.21 bits per heavy atom. The van der Waals surface area contributed by atoms with Gasteiger partial charge in [0.25, 0.3) is 5.78 Å². The number of benzene rings is 2. The van der Waals surface area contributed by atoms with Crippen molar-refractivity contribution in [1.82, 2.24) is 4.98 Å². The predicted molar refractivity (Wildman–Crippen MR) is 128 cm³/mol. The van der Waals surface area contributed by atoms with Gasteiger partial charge in [0.05, 0.1) is 18.2 Å². The van der Waals surface area contributed by atoms with E-state index in [4.69, 9.17) is 9.47 Å². The Kier molecular flexibility index (Phi) is 6.65. The fourth-order valence-corrected chi connectivity index (χ4v) is 4.34. The lowest BCUT2D eigenvalue weighted by molar-refractivity contribution is -0.132. The number of amides is 1. The number of carbonyl (C=O) groups is 2. The molecular weight excluding hydrogens is 456 g/mol. The van der Waals surface area contributed by atoms with Gasteiger partial charge in [0, 0.05) is 17.1 Å². The number of thiazole rings is 1. The van der Waals surface area contributed by atoms with Crippen LogP contribution in [-0.2, 0) is 9.59 Å². The van der Waals surface area contributed by atoms with Crippen molar-refractivity contribution in [2.75, 3.05) is 18.1 Å². The third kappa shape index (κ3) is 4.25. The molecule has 34 heavy (non-hydrogen) atoms. The predicted octanol–water partition coefficient (Wildman–Crippen LogP) is 4.44. The van der Waals surface area contributed by atoms with Crippen molar-refractivity contribution in [3.63, 3.8) is 0 Å². The highest BCUT2D eigenvalue weighted by atomic mass is 32.1. The molecule has 8 nitrogen and oxygen atoms in total. The second-order valence-corrected chi connectivity index (χ2v) is 8.14. The first kappa shape index (κ1) is 23.1. The SMILES string of the molecule is C=CCOc1ccc(C(O)=C2C(=O)C(=O)N(c3nccs3)C2c2ccc(O)c(OCC)c2)cc1. The Hall–Kier alpha value is -4.11. The lowest BCUT2D eigenvalue weighted by Crippen LogP contribution is -2.29. The van der Waals surface area contributed by atoms with Crippen LogP contribution in [0.15, 0.2) is 72.3 Å². The number of aliphatic hydroxyl groups excluding tert-OH is 1. The molecule has 0 saturated carbocycles. The van der Waals surface area contributed by atoms with Gasteiger partial charge >= 0.3 is 5.91 Å². The van der Waals surface area contributed by atoms with E-state index < -0.39 is 17.7 Å². The van der Waals surface area contributed by atoms with Gasteiger partial charge in [0.2, 0.25) is 0 Å². The first-order valence-corrected chi connectivity index (χ1v) is 11.3. The zero-order valence-electron chi connectivity index (χ0n) is 18.3. The van der Waals surface area contributed by atoms with Crippen LogP contribution >= 0.6 is 11.3 Å². The fourth-order valence-electron chi connectivity index (χ4n) is 3.67. The summed E-state index contributed by atoms with van der Waals surface area (Å²) in [6.07, 6.45) is 3.14. The Bertz CT molecular complexity index is 1250. The molecular formula is C25H22N2O6S. The summed E-state index contributed by atoms with van der Waals surface area (Å²) in [7, 11) is 0. The average Bonchev–Trinajstić information content (AvgIpc) is 3.46. The van der Waals surface area contributed by atoms with Crippen molar-refractivity contribution in [3.8, 4) is 17.2 Å². The number of anilines is 1. The molecule has 1 atom stereocenters. The van der Waals surface area contributed by atoms with Crippen LogP contribution in [0.25, 0.3) is 5.76 Å². The molecule has 1 fully saturated rings. The molecule has 4 rings (SSSR count).